The fraction of sp³-hybridized carbons (Fsp3) is 0.182. The molecule has 4 unspecified atom stereocenters. The first kappa shape index (κ1) is 34.3. The molecule has 6 aliphatic rings. The molecule has 0 saturated heterocycles. The summed E-state index contributed by atoms with van der Waals surface area (Å²) in [6, 6.07) is 8.81. The number of nitrogens with one attached hydrogen (secondary N) is 2. The Morgan fingerprint density at radius 3 is 1.02 bits per heavy atom. The number of aromatic nitrogens is 4. The van der Waals surface area contributed by atoms with Gasteiger partial charge in [0.25, 0.3) is 0 Å². The standard InChI is InChI=1S/C44H42N8.Mn/c1-49-25-9-5-13-37(49)41-29-17-19-31(45-29)42(38-14-6-10-26-50(38)2)33-21-23-35(47-33)44(40-16-8-12-28-52(40)4)36-24-22-34(48-36)43(32-20-18-30(41)46-32)39-15-7-11-27-51(39)3;/h5-28,37-40,45-46H,1-4H3;. The third-order valence-corrected chi connectivity index (χ3v) is 10.8. The van der Waals surface area contributed by atoms with Gasteiger partial charge in [0.2, 0.25) is 0 Å². The molecule has 9 heterocycles. The zero-order chi connectivity index (χ0) is 35.3. The molecule has 0 aromatic carbocycles. The summed E-state index contributed by atoms with van der Waals surface area (Å²) in [4.78, 5) is 27.7. The summed E-state index contributed by atoms with van der Waals surface area (Å²) in [5.41, 5.74) is 12.3. The number of hydrogen-bond donors (Lipinski definition) is 2. The predicted molar refractivity (Wildman–Crippen MR) is 214 cm³/mol. The minimum atomic E-state index is -0.0393. The van der Waals surface area contributed by atoms with Crippen LogP contribution >= 0.6 is 0 Å². The van der Waals surface area contributed by atoms with E-state index in [1.54, 1.807) is 0 Å². The van der Waals surface area contributed by atoms with Gasteiger partial charge in [0, 0.05) is 89.6 Å². The van der Waals surface area contributed by atoms with Crippen LogP contribution in [0.2, 0.25) is 0 Å². The van der Waals surface area contributed by atoms with Gasteiger partial charge in [-0.1, -0.05) is 48.6 Å². The predicted octanol–water partition coefficient (Wildman–Crippen LogP) is 8.88. The molecule has 0 saturated carbocycles. The maximum Gasteiger partial charge on any atom is 0.0763 e. The molecule has 3 aromatic heterocycles. The molecule has 9 rings (SSSR count). The van der Waals surface area contributed by atoms with Crippen LogP contribution in [0.25, 0.3) is 46.4 Å². The van der Waals surface area contributed by atoms with Crippen molar-refractivity contribution < 1.29 is 17.1 Å². The first-order valence-corrected chi connectivity index (χ1v) is 17.9. The average molecular weight is 738 g/mol. The van der Waals surface area contributed by atoms with E-state index in [1.165, 1.54) is 0 Å². The Bertz CT molecular complexity index is 2300. The average Bonchev–Trinajstić information content (AvgIpc) is 3.99. The molecule has 0 fully saturated rings. The number of nitrogens with zero attached hydrogens (tertiary/aromatic N) is 6. The monoisotopic (exact) mass is 737 g/mol. The molecule has 0 amide bonds. The molecule has 6 aliphatic heterocycles. The van der Waals surface area contributed by atoms with Crippen LogP contribution in [0.5, 0.6) is 0 Å². The normalized spacial score (nSPS) is 22.4. The van der Waals surface area contributed by atoms with Gasteiger partial charge in [0.15, 0.2) is 0 Å². The SMILES string of the molecule is CN1C=CC=CC1c1c2nc(c(C3C=CC=CN3C)c3ccc([nH]3)c(C3C=CC=CN3C)c3ccc([nH]3)c(C3C=CC=CN3C)c3nc1C=C3)C=C2.[Mn]. The van der Waals surface area contributed by atoms with E-state index >= 15 is 0 Å². The molecule has 265 valence electrons. The van der Waals surface area contributed by atoms with Crippen LogP contribution in [0.1, 0.15) is 69.2 Å². The van der Waals surface area contributed by atoms with E-state index in [2.05, 4.69) is 204 Å². The molecule has 4 atom stereocenters. The quantitative estimate of drug-likeness (QED) is 0.180. The number of H-pyrrole nitrogens is 2. The van der Waals surface area contributed by atoms with Gasteiger partial charge in [-0.15, -0.1) is 0 Å². The van der Waals surface area contributed by atoms with Crippen LogP contribution in [0.15, 0.2) is 122 Å². The fourth-order valence-corrected chi connectivity index (χ4v) is 8.07. The van der Waals surface area contributed by atoms with Crippen LogP contribution in [-0.2, 0) is 17.1 Å². The van der Waals surface area contributed by atoms with Crippen LogP contribution in [0.3, 0.4) is 0 Å². The van der Waals surface area contributed by atoms with Crippen LogP contribution < -0.4 is 0 Å². The zero-order valence-electron chi connectivity index (χ0n) is 30.2. The minimum Gasteiger partial charge on any atom is -0.370 e. The Balaban J connectivity index is 0.00000400. The van der Waals surface area contributed by atoms with Crippen molar-refractivity contribution in [2.75, 3.05) is 28.2 Å². The Kier molecular flexibility index (Phi) is 9.06. The summed E-state index contributed by atoms with van der Waals surface area (Å²) < 4.78 is 0. The summed E-state index contributed by atoms with van der Waals surface area (Å²) >= 11 is 0. The summed E-state index contributed by atoms with van der Waals surface area (Å²) in [6.07, 6.45) is 43.0. The van der Waals surface area contributed by atoms with E-state index < -0.39 is 0 Å². The molecule has 3 aromatic rings. The van der Waals surface area contributed by atoms with Crippen molar-refractivity contribution >= 4 is 46.4 Å². The van der Waals surface area contributed by atoms with Gasteiger partial charge in [-0.3, -0.25) is 0 Å². The van der Waals surface area contributed by atoms with E-state index in [-0.39, 0.29) is 41.2 Å². The molecule has 0 aliphatic carbocycles. The second-order valence-electron chi connectivity index (χ2n) is 14.0. The summed E-state index contributed by atoms with van der Waals surface area (Å²) in [7, 11) is 8.50. The number of hydrogen-bond acceptors (Lipinski definition) is 6. The first-order valence-electron chi connectivity index (χ1n) is 17.9. The molecule has 9 heteroatoms. The van der Waals surface area contributed by atoms with Gasteiger partial charge < -0.3 is 29.6 Å². The van der Waals surface area contributed by atoms with Crippen molar-refractivity contribution in [3.63, 3.8) is 0 Å². The second-order valence-corrected chi connectivity index (χ2v) is 14.0. The number of fused-ring (bicyclic) bond motifs is 8. The Morgan fingerprint density at radius 1 is 0.396 bits per heavy atom. The van der Waals surface area contributed by atoms with Crippen LogP contribution in [-0.4, -0.2) is 67.7 Å². The van der Waals surface area contributed by atoms with E-state index in [1.807, 2.05) is 0 Å². The third kappa shape index (κ3) is 6.06. The fourth-order valence-electron chi connectivity index (χ4n) is 8.07. The molecule has 0 spiro atoms. The summed E-state index contributed by atoms with van der Waals surface area (Å²) in [6.45, 7) is 0. The largest absolute Gasteiger partial charge is 0.370 e. The van der Waals surface area contributed by atoms with Crippen molar-refractivity contribution in [1.29, 1.82) is 0 Å². The van der Waals surface area contributed by atoms with Crippen molar-refractivity contribution in [1.82, 2.24) is 39.5 Å². The topological polar surface area (TPSA) is 70.3 Å². The van der Waals surface area contributed by atoms with Gasteiger partial charge in [0.05, 0.1) is 46.9 Å². The molecular weight excluding hydrogens is 695 g/mol. The van der Waals surface area contributed by atoms with E-state index in [0.717, 1.165) is 67.1 Å². The molecule has 8 bridgehead atoms. The van der Waals surface area contributed by atoms with Crippen LogP contribution in [0.4, 0.5) is 0 Å². The molecule has 53 heavy (non-hydrogen) atoms. The van der Waals surface area contributed by atoms with Gasteiger partial charge in [-0.2, -0.15) is 0 Å². The van der Waals surface area contributed by atoms with E-state index in [0.29, 0.717) is 0 Å². The summed E-state index contributed by atoms with van der Waals surface area (Å²) in [5, 5.41) is 0. The van der Waals surface area contributed by atoms with E-state index in [4.69, 9.17) is 9.97 Å². The third-order valence-electron chi connectivity index (χ3n) is 10.8. The minimum absolute atomic E-state index is 0. The van der Waals surface area contributed by atoms with Crippen molar-refractivity contribution in [2.45, 2.75) is 24.2 Å². The number of aromatic amines is 2. The van der Waals surface area contributed by atoms with Crippen molar-refractivity contribution in [2.24, 2.45) is 0 Å². The van der Waals surface area contributed by atoms with Crippen molar-refractivity contribution in [3.8, 4) is 0 Å². The Labute approximate surface area is 321 Å². The zero-order valence-corrected chi connectivity index (χ0v) is 31.4. The van der Waals surface area contributed by atoms with Gasteiger partial charge >= 0.3 is 0 Å². The van der Waals surface area contributed by atoms with Gasteiger partial charge in [-0.05, 0) is 97.7 Å². The number of rotatable bonds is 4. The molecule has 8 nitrogen and oxygen atoms in total. The second kappa shape index (κ2) is 14.0. The molecule has 1 radical (unpaired) electrons. The first-order chi connectivity index (χ1) is 25.4. The molecule has 2 N–H and O–H groups in total. The van der Waals surface area contributed by atoms with Crippen molar-refractivity contribution in [3.05, 3.63) is 167 Å². The summed E-state index contributed by atoms with van der Waals surface area (Å²) in [5.74, 6) is 0. The number of allylic oxidation sites excluding steroid dienone is 8. The maximum atomic E-state index is 5.46. The Morgan fingerprint density at radius 2 is 0.679 bits per heavy atom. The smallest absolute Gasteiger partial charge is 0.0763 e. The maximum absolute atomic E-state index is 5.46. The number of likely N-dealkylation sites (N-methyl/N-ethyl adjacent to an activating group) is 4. The molecular formula is C44H42MnN8. The van der Waals surface area contributed by atoms with E-state index in [9.17, 15) is 0 Å². The van der Waals surface area contributed by atoms with Gasteiger partial charge in [-0.25, -0.2) is 9.97 Å². The Hall–Kier alpha value is -5.76. The van der Waals surface area contributed by atoms with Crippen LogP contribution in [0, 0.1) is 0 Å². The van der Waals surface area contributed by atoms with Gasteiger partial charge in [0.1, 0.15) is 0 Å².